The SMILES string of the molecule is CCCCC[SiH]1CCC(c2cc(F)c(Cl)c(F)c2)CC1. The Balaban J connectivity index is 1.90. The summed E-state index contributed by atoms with van der Waals surface area (Å²) in [5, 5.41) is -0.378. The topological polar surface area (TPSA) is 0 Å². The monoisotopic (exact) mass is 316 g/mol. The fourth-order valence-corrected chi connectivity index (χ4v) is 6.87. The van der Waals surface area contributed by atoms with Crippen LogP contribution in [0.5, 0.6) is 0 Å². The second kappa shape index (κ2) is 7.55. The molecule has 0 N–H and O–H groups in total. The van der Waals surface area contributed by atoms with Crippen LogP contribution in [0.2, 0.25) is 23.2 Å². The van der Waals surface area contributed by atoms with E-state index in [1.165, 1.54) is 49.5 Å². The van der Waals surface area contributed by atoms with Crippen molar-refractivity contribution in [3.63, 3.8) is 0 Å². The molecule has 1 heterocycles. The maximum atomic E-state index is 13.5. The van der Waals surface area contributed by atoms with Gasteiger partial charge in [-0.3, -0.25) is 0 Å². The van der Waals surface area contributed by atoms with Crippen LogP contribution in [-0.2, 0) is 0 Å². The first kappa shape index (κ1) is 16.0. The van der Waals surface area contributed by atoms with Crippen molar-refractivity contribution >= 4 is 20.4 Å². The fraction of sp³-hybridized carbons (Fsp3) is 0.625. The van der Waals surface area contributed by atoms with E-state index in [9.17, 15) is 8.78 Å². The fourth-order valence-electron chi connectivity index (χ4n) is 3.28. The van der Waals surface area contributed by atoms with Crippen molar-refractivity contribution in [3.05, 3.63) is 34.4 Å². The largest absolute Gasteiger partial charge is 0.205 e. The maximum absolute atomic E-state index is 13.5. The van der Waals surface area contributed by atoms with Crippen LogP contribution in [0.4, 0.5) is 8.78 Å². The molecule has 0 unspecified atom stereocenters. The van der Waals surface area contributed by atoms with E-state index in [2.05, 4.69) is 6.92 Å². The van der Waals surface area contributed by atoms with Crippen molar-refractivity contribution in [3.8, 4) is 0 Å². The lowest BCUT2D eigenvalue weighted by molar-refractivity contribution is 0.558. The van der Waals surface area contributed by atoms with Gasteiger partial charge in [-0.25, -0.2) is 8.78 Å². The van der Waals surface area contributed by atoms with Gasteiger partial charge in [0.25, 0.3) is 0 Å². The molecule has 1 aliphatic rings. The van der Waals surface area contributed by atoms with Gasteiger partial charge in [0, 0.05) is 8.80 Å². The van der Waals surface area contributed by atoms with Crippen molar-refractivity contribution < 1.29 is 8.78 Å². The highest BCUT2D eigenvalue weighted by molar-refractivity contribution is 6.59. The molecule has 0 saturated carbocycles. The Labute approximate surface area is 127 Å². The number of hydrogen-bond acceptors (Lipinski definition) is 0. The average molecular weight is 317 g/mol. The van der Waals surface area contributed by atoms with Gasteiger partial charge in [0.05, 0.1) is 0 Å². The molecule has 1 fully saturated rings. The summed E-state index contributed by atoms with van der Waals surface area (Å²) in [5.41, 5.74) is 0.797. The molecular formula is C16H23ClF2Si. The zero-order valence-corrected chi connectivity index (χ0v) is 14.0. The lowest BCUT2D eigenvalue weighted by Gasteiger charge is -2.28. The molecule has 4 heteroatoms. The normalized spacial score (nSPS) is 23.0. The van der Waals surface area contributed by atoms with Gasteiger partial charge in [-0.2, -0.15) is 0 Å². The highest BCUT2D eigenvalue weighted by Crippen LogP contribution is 2.36. The molecule has 0 aliphatic carbocycles. The van der Waals surface area contributed by atoms with Gasteiger partial charge in [0.2, 0.25) is 0 Å². The number of benzene rings is 1. The summed E-state index contributed by atoms with van der Waals surface area (Å²) in [6.45, 7) is 2.24. The van der Waals surface area contributed by atoms with Crippen LogP contribution in [0.3, 0.4) is 0 Å². The van der Waals surface area contributed by atoms with E-state index in [1.807, 2.05) is 0 Å². The van der Waals surface area contributed by atoms with E-state index in [0.717, 1.165) is 18.4 Å². The molecule has 2 rings (SSSR count). The van der Waals surface area contributed by atoms with Gasteiger partial charge >= 0.3 is 0 Å². The number of rotatable bonds is 5. The van der Waals surface area contributed by atoms with E-state index in [4.69, 9.17) is 11.6 Å². The van der Waals surface area contributed by atoms with Gasteiger partial charge in [-0.05, 0) is 36.5 Å². The van der Waals surface area contributed by atoms with Crippen molar-refractivity contribution in [1.82, 2.24) is 0 Å². The Hall–Kier alpha value is -0.413. The van der Waals surface area contributed by atoms with Gasteiger partial charge < -0.3 is 0 Å². The Morgan fingerprint density at radius 2 is 1.75 bits per heavy atom. The Kier molecular flexibility index (Phi) is 6.03. The van der Waals surface area contributed by atoms with Crippen LogP contribution < -0.4 is 0 Å². The summed E-state index contributed by atoms with van der Waals surface area (Å²) in [6.07, 6.45) is 6.21. The summed E-state index contributed by atoms with van der Waals surface area (Å²) in [6, 6.07) is 6.94. The molecule has 1 aromatic carbocycles. The van der Waals surface area contributed by atoms with E-state index in [-0.39, 0.29) is 5.02 Å². The van der Waals surface area contributed by atoms with E-state index in [0.29, 0.717) is 5.92 Å². The lowest BCUT2D eigenvalue weighted by atomic mass is 9.93. The molecule has 112 valence electrons. The van der Waals surface area contributed by atoms with Crippen LogP contribution in [-0.4, -0.2) is 8.80 Å². The van der Waals surface area contributed by atoms with Crippen molar-refractivity contribution in [2.24, 2.45) is 0 Å². The van der Waals surface area contributed by atoms with Crippen LogP contribution in [0.15, 0.2) is 12.1 Å². The van der Waals surface area contributed by atoms with E-state index >= 15 is 0 Å². The lowest BCUT2D eigenvalue weighted by Crippen LogP contribution is -2.20. The minimum atomic E-state index is -0.621. The minimum absolute atomic E-state index is 0.325. The van der Waals surface area contributed by atoms with Crippen LogP contribution in [0, 0.1) is 11.6 Å². The maximum Gasteiger partial charge on any atom is 0.145 e. The molecule has 1 aliphatic heterocycles. The zero-order chi connectivity index (χ0) is 14.5. The minimum Gasteiger partial charge on any atom is -0.205 e. The number of hydrogen-bond donors (Lipinski definition) is 0. The molecule has 1 aromatic rings. The summed E-state index contributed by atoms with van der Waals surface area (Å²) in [5.74, 6) is -0.917. The highest BCUT2D eigenvalue weighted by atomic mass is 35.5. The molecule has 0 amide bonds. The Bertz CT molecular complexity index is 419. The molecular weight excluding hydrogens is 294 g/mol. The first-order valence-corrected chi connectivity index (χ1v) is 10.6. The number of halogens is 3. The Morgan fingerprint density at radius 3 is 2.30 bits per heavy atom. The molecule has 1 saturated heterocycles. The predicted molar refractivity (Wildman–Crippen MR) is 84.4 cm³/mol. The third kappa shape index (κ3) is 4.04. The second-order valence-electron chi connectivity index (χ2n) is 6.01. The van der Waals surface area contributed by atoms with Crippen LogP contribution in [0.25, 0.3) is 0 Å². The van der Waals surface area contributed by atoms with Gasteiger partial charge in [0.1, 0.15) is 16.7 Å². The second-order valence-corrected chi connectivity index (χ2v) is 9.85. The third-order valence-electron chi connectivity index (χ3n) is 4.54. The van der Waals surface area contributed by atoms with Gasteiger partial charge in [-0.15, -0.1) is 0 Å². The molecule has 0 atom stereocenters. The summed E-state index contributed by atoms with van der Waals surface area (Å²) < 4.78 is 27.0. The number of unbranched alkanes of at least 4 members (excludes halogenated alkanes) is 2. The summed E-state index contributed by atoms with van der Waals surface area (Å²) >= 11 is 5.54. The van der Waals surface area contributed by atoms with Crippen molar-refractivity contribution in [1.29, 1.82) is 0 Å². The first-order chi connectivity index (χ1) is 9.61. The molecule has 0 radical (unpaired) electrons. The standard InChI is InChI=1S/C16H23ClF2Si/c1-2-3-4-7-20-8-5-12(6-9-20)13-10-14(18)16(17)15(19)11-13/h10-12,20H,2-9H2,1H3. The average Bonchev–Trinajstić information content (AvgIpc) is 2.45. The molecule has 0 bridgehead atoms. The van der Waals surface area contributed by atoms with Crippen molar-refractivity contribution in [2.45, 2.75) is 63.1 Å². The van der Waals surface area contributed by atoms with Crippen LogP contribution >= 0.6 is 11.6 Å². The summed E-state index contributed by atoms with van der Waals surface area (Å²) in [4.78, 5) is 0. The van der Waals surface area contributed by atoms with Crippen LogP contribution in [0.1, 0.15) is 50.5 Å². The highest BCUT2D eigenvalue weighted by Gasteiger charge is 2.24. The molecule has 0 aromatic heterocycles. The van der Waals surface area contributed by atoms with Crippen molar-refractivity contribution in [2.75, 3.05) is 0 Å². The quantitative estimate of drug-likeness (QED) is 0.360. The zero-order valence-electron chi connectivity index (χ0n) is 12.1. The molecule has 0 nitrogen and oxygen atoms in total. The summed E-state index contributed by atoms with van der Waals surface area (Å²) in [7, 11) is -0.568. The predicted octanol–water partition coefficient (Wildman–Crippen LogP) is 5.91. The van der Waals surface area contributed by atoms with Gasteiger partial charge in [0.15, 0.2) is 0 Å². The Morgan fingerprint density at radius 1 is 1.15 bits per heavy atom. The van der Waals surface area contributed by atoms with E-state index < -0.39 is 20.4 Å². The van der Waals surface area contributed by atoms with Gasteiger partial charge in [-0.1, -0.05) is 55.9 Å². The first-order valence-electron chi connectivity index (χ1n) is 7.76. The molecule has 20 heavy (non-hydrogen) atoms. The smallest absolute Gasteiger partial charge is 0.145 e. The van der Waals surface area contributed by atoms with E-state index in [1.54, 1.807) is 0 Å². The molecule has 0 spiro atoms. The third-order valence-corrected chi connectivity index (χ3v) is 8.43.